The highest BCUT2D eigenvalue weighted by atomic mass is 19.1. The van der Waals surface area contributed by atoms with Crippen LogP contribution < -0.4 is 5.32 Å². The number of carbonyl (C=O) groups excluding carboxylic acids is 4. The number of nitrogens with one attached hydrogen (secondary N) is 1. The zero-order valence-electron chi connectivity index (χ0n) is 10.2. The number of rotatable bonds is 1. The summed E-state index contributed by atoms with van der Waals surface area (Å²) in [5.74, 6) is -3.50. The van der Waals surface area contributed by atoms with Gasteiger partial charge in [0.2, 0.25) is 11.8 Å². The van der Waals surface area contributed by atoms with E-state index in [0.717, 1.165) is 11.0 Å². The van der Waals surface area contributed by atoms with Gasteiger partial charge in [0.1, 0.15) is 11.9 Å². The molecular weight excluding hydrogens is 279 g/mol. The van der Waals surface area contributed by atoms with Gasteiger partial charge in [-0.2, -0.15) is 0 Å². The zero-order valence-corrected chi connectivity index (χ0v) is 10.2. The molecule has 1 fully saturated rings. The Hall–Kier alpha value is -2.57. The van der Waals surface area contributed by atoms with Gasteiger partial charge in [0.15, 0.2) is 0 Å². The van der Waals surface area contributed by atoms with Crippen molar-refractivity contribution in [1.29, 1.82) is 0 Å². The second-order valence-electron chi connectivity index (χ2n) is 4.61. The number of halogens is 1. The molecule has 0 spiro atoms. The van der Waals surface area contributed by atoms with Gasteiger partial charge in [-0.1, -0.05) is 13.5 Å². The predicted molar refractivity (Wildman–Crippen MR) is 69.8 cm³/mol. The summed E-state index contributed by atoms with van der Waals surface area (Å²) in [5.41, 5.74) is -0.373. The number of benzene rings is 1. The van der Waals surface area contributed by atoms with Crippen LogP contribution in [0.4, 0.5) is 4.39 Å². The van der Waals surface area contributed by atoms with Crippen molar-refractivity contribution < 1.29 is 23.6 Å². The molecule has 1 aromatic rings. The Labute approximate surface area is 119 Å². The Morgan fingerprint density at radius 2 is 1.86 bits per heavy atom. The fourth-order valence-electron chi connectivity index (χ4n) is 2.47. The minimum absolute atomic E-state index is 0. The van der Waals surface area contributed by atoms with Crippen LogP contribution in [-0.4, -0.2) is 34.6 Å². The summed E-state index contributed by atoms with van der Waals surface area (Å²) in [6.45, 7) is 0. The van der Waals surface area contributed by atoms with Gasteiger partial charge in [0.25, 0.3) is 11.8 Å². The Bertz CT molecular complexity index is 671. The van der Waals surface area contributed by atoms with Crippen LogP contribution in [0.2, 0.25) is 0 Å². The molecule has 1 aromatic carbocycles. The van der Waals surface area contributed by atoms with E-state index in [4.69, 9.17) is 0 Å². The molecule has 0 saturated carbocycles. The number of fused-ring (bicyclic) bond motifs is 1. The second-order valence-corrected chi connectivity index (χ2v) is 4.61. The summed E-state index contributed by atoms with van der Waals surface area (Å²) in [6.07, 6.45) is 0.0873. The third kappa shape index (κ3) is 2.10. The summed E-state index contributed by atoms with van der Waals surface area (Å²) in [5, 5.41) is 2.07. The van der Waals surface area contributed by atoms with E-state index in [0.29, 0.717) is 0 Å². The maximum atomic E-state index is 13.7. The van der Waals surface area contributed by atoms with E-state index >= 15 is 0 Å². The van der Waals surface area contributed by atoms with Crippen molar-refractivity contribution >= 4 is 23.6 Å². The number of hydrogen-bond donors (Lipinski definition) is 1. The van der Waals surface area contributed by atoms with Crippen molar-refractivity contribution in [2.45, 2.75) is 26.3 Å². The second kappa shape index (κ2) is 5.08. The third-order valence-electron chi connectivity index (χ3n) is 3.42. The molecule has 0 radical (unpaired) electrons. The van der Waals surface area contributed by atoms with Gasteiger partial charge < -0.3 is 0 Å². The maximum absolute atomic E-state index is 13.7. The van der Waals surface area contributed by atoms with Crippen LogP contribution in [-0.2, 0) is 9.59 Å². The smallest absolute Gasteiger partial charge is 0.265 e. The van der Waals surface area contributed by atoms with Crippen LogP contribution in [0.15, 0.2) is 18.2 Å². The first kappa shape index (κ1) is 14.8. The van der Waals surface area contributed by atoms with Gasteiger partial charge in [0.05, 0.1) is 11.1 Å². The lowest BCUT2D eigenvalue weighted by Gasteiger charge is -2.27. The highest BCUT2D eigenvalue weighted by molar-refractivity contribution is 6.23. The minimum atomic E-state index is -1.07. The fourth-order valence-corrected chi connectivity index (χ4v) is 2.47. The molecule has 0 aliphatic carbocycles. The van der Waals surface area contributed by atoms with Gasteiger partial charge in [-0.05, 0) is 18.6 Å². The standard InChI is InChI=1S/C13H9FN2O4.CH4/c14-7-3-1-2-6-10(7)13(20)16(12(6)19)8-4-5-9(17)15-11(8)18;/h1-3,8H,4-5H2,(H,15,17,18);1H4. The average Bonchev–Trinajstić information content (AvgIpc) is 2.64. The summed E-state index contributed by atoms with van der Waals surface area (Å²) in [7, 11) is 0. The molecular formula is C14H13FN2O4. The van der Waals surface area contributed by atoms with Crippen LogP contribution in [0, 0.1) is 5.82 Å². The molecule has 2 heterocycles. The van der Waals surface area contributed by atoms with Crippen LogP contribution in [0.1, 0.15) is 41.0 Å². The molecule has 7 heteroatoms. The third-order valence-corrected chi connectivity index (χ3v) is 3.42. The molecule has 3 rings (SSSR count). The number of piperidine rings is 1. The molecule has 1 atom stereocenters. The first-order chi connectivity index (χ1) is 9.50. The lowest BCUT2D eigenvalue weighted by Crippen LogP contribution is -2.54. The Morgan fingerprint density at radius 1 is 1.14 bits per heavy atom. The first-order valence-corrected chi connectivity index (χ1v) is 6.01. The van der Waals surface area contributed by atoms with Crippen LogP contribution in [0.25, 0.3) is 0 Å². The van der Waals surface area contributed by atoms with Crippen molar-refractivity contribution in [3.63, 3.8) is 0 Å². The molecule has 1 unspecified atom stereocenters. The van der Waals surface area contributed by atoms with Crippen molar-refractivity contribution in [2.75, 3.05) is 0 Å². The van der Waals surface area contributed by atoms with Gasteiger partial charge in [-0.3, -0.25) is 29.4 Å². The van der Waals surface area contributed by atoms with E-state index < -0.39 is 35.5 Å². The van der Waals surface area contributed by atoms with E-state index in [2.05, 4.69) is 5.32 Å². The van der Waals surface area contributed by atoms with Crippen LogP contribution in [0.3, 0.4) is 0 Å². The highest BCUT2D eigenvalue weighted by Gasteiger charge is 2.45. The first-order valence-electron chi connectivity index (χ1n) is 6.01. The fraction of sp³-hybridized carbons (Fsp3) is 0.286. The Morgan fingerprint density at radius 3 is 2.48 bits per heavy atom. The number of nitrogens with zero attached hydrogens (tertiary/aromatic N) is 1. The molecule has 1 N–H and O–H groups in total. The largest absolute Gasteiger partial charge is 0.295 e. The molecule has 0 aromatic heterocycles. The molecule has 0 bridgehead atoms. The van der Waals surface area contributed by atoms with Crippen molar-refractivity contribution in [3.05, 3.63) is 35.1 Å². The van der Waals surface area contributed by atoms with Crippen molar-refractivity contribution in [2.24, 2.45) is 0 Å². The summed E-state index contributed by atoms with van der Waals surface area (Å²) in [4.78, 5) is 47.9. The molecule has 2 aliphatic rings. The van der Waals surface area contributed by atoms with E-state index in [1.54, 1.807) is 0 Å². The van der Waals surface area contributed by atoms with E-state index in [-0.39, 0.29) is 31.4 Å². The monoisotopic (exact) mass is 292 g/mol. The number of imide groups is 2. The molecule has 1 saturated heterocycles. The number of amides is 4. The number of carbonyl (C=O) groups is 4. The van der Waals surface area contributed by atoms with E-state index in [1.165, 1.54) is 12.1 Å². The minimum Gasteiger partial charge on any atom is -0.295 e. The lowest BCUT2D eigenvalue weighted by atomic mass is 10.0. The zero-order chi connectivity index (χ0) is 14.4. The summed E-state index contributed by atoms with van der Waals surface area (Å²) in [6, 6.07) is 2.68. The highest BCUT2D eigenvalue weighted by Crippen LogP contribution is 2.28. The Balaban J connectivity index is 0.00000161. The summed E-state index contributed by atoms with van der Waals surface area (Å²) >= 11 is 0. The SMILES string of the molecule is C.O=C1CCC(N2C(=O)c3cccc(F)c3C2=O)C(=O)N1. The molecule has 21 heavy (non-hydrogen) atoms. The van der Waals surface area contributed by atoms with Crippen molar-refractivity contribution in [3.8, 4) is 0 Å². The van der Waals surface area contributed by atoms with Crippen LogP contribution >= 0.6 is 0 Å². The predicted octanol–water partition coefficient (Wildman–Crippen LogP) is 0.863. The van der Waals surface area contributed by atoms with Crippen LogP contribution in [0.5, 0.6) is 0 Å². The molecule has 6 nitrogen and oxygen atoms in total. The normalized spacial score (nSPS) is 21.0. The quantitative estimate of drug-likeness (QED) is 0.778. The van der Waals surface area contributed by atoms with Gasteiger partial charge in [-0.15, -0.1) is 0 Å². The maximum Gasteiger partial charge on any atom is 0.265 e. The molecule has 2 aliphatic heterocycles. The molecule has 4 amide bonds. The lowest BCUT2D eigenvalue weighted by molar-refractivity contribution is -0.136. The number of hydrogen-bond acceptors (Lipinski definition) is 4. The Kier molecular flexibility index (Phi) is 3.59. The van der Waals surface area contributed by atoms with E-state index in [9.17, 15) is 23.6 Å². The average molecular weight is 292 g/mol. The van der Waals surface area contributed by atoms with Gasteiger partial charge in [-0.25, -0.2) is 4.39 Å². The topological polar surface area (TPSA) is 83.6 Å². The van der Waals surface area contributed by atoms with Gasteiger partial charge in [0, 0.05) is 6.42 Å². The van der Waals surface area contributed by atoms with Gasteiger partial charge >= 0.3 is 0 Å². The molecule has 110 valence electrons. The van der Waals surface area contributed by atoms with Crippen molar-refractivity contribution in [1.82, 2.24) is 10.2 Å². The van der Waals surface area contributed by atoms with E-state index in [1.807, 2.05) is 0 Å². The summed E-state index contributed by atoms with van der Waals surface area (Å²) < 4.78 is 13.7.